The van der Waals surface area contributed by atoms with Crippen LogP contribution in [0.2, 0.25) is 5.02 Å². The number of hydrogen-bond acceptors (Lipinski definition) is 6. The van der Waals surface area contributed by atoms with E-state index in [2.05, 4.69) is 10.6 Å². The number of nitro groups is 2. The quantitative estimate of drug-likeness (QED) is 0.335. The minimum absolute atomic E-state index is 0.0871. The highest BCUT2D eigenvalue weighted by molar-refractivity contribution is 6.32. The molecule has 3 rings (SSSR count). The molecule has 2 N–H and O–H groups in total. The molecule has 1 aliphatic rings. The van der Waals surface area contributed by atoms with Crippen LogP contribution >= 0.6 is 11.6 Å². The molecular weight excluding hydrogens is 452 g/mol. The van der Waals surface area contributed by atoms with E-state index in [9.17, 15) is 29.8 Å². The summed E-state index contributed by atoms with van der Waals surface area (Å²) in [6, 6.07) is 9.37. The Morgan fingerprint density at radius 1 is 1.00 bits per heavy atom. The van der Waals surface area contributed by atoms with E-state index in [1.165, 1.54) is 36.4 Å². The summed E-state index contributed by atoms with van der Waals surface area (Å²) in [6.07, 6.45) is 5.64. The largest absolute Gasteiger partial charge is 0.321 e. The number of benzene rings is 2. The molecule has 1 fully saturated rings. The second-order valence-electron chi connectivity index (χ2n) is 7.61. The van der Waals surface area contributed by atoms with Crippen LogP contribution in [0.15, 0.2) is 48.2 Å². The summed E-state index contributed by atoms with van der Waals surface area (Å²) in [6.45, 7) is 0. The lowest BCUT2D eigenvalue weighted by Gasteiger charge is -2.21. The lowest BCUT2D eigenvalue weighted by Crippen LogP contribution is -2.35. The van der Waals surface area contributed by atoms with Gasteiger partial charge in [-0.05, 0) is 36.6 Å². The highest BCUT2D eigenvalue weighted by atomic mass is 35.5. The van der Waals surface area contributed by atoms with Crippen LogP contribution in [0.5, 0.6) is 0 Å². The van der Waals surface area contributed by atoms with E-state index in [4.69, 9.17) is 11.6 Å². The van der Waals surface area contributed by atoms with Crippen molar-refractivity contribution in [3.05, 3.63) is 79.0 Å². The Bertz CT molecular complexity index is 1130. The van der Waals surface area contributed by atoms with Crippen molar-refractivity contribution < 1.29 is 19.4 Å². The van der Waals surface area contributed by atoms with Crippen LogP contribution in [0.3, 0.4) is 0 Å². The topological polar surface area (TPSA) is 144 Å². The Morgan fingerprint density at radius 2 is 1.73 bits per heavy atom. The van der Waals surface area contributed by atoms with E-state index < -0.39 is 15.8 Å². The number of non-ortho nitro benzene ring substituents is 1. The molecule has 0 radical (unpaired) electrons. The summed E-state index contributed by atoms with van der Waals surface area (Å²) >= 11 is 5.82. The first-order valence-electron chi connectivity index (χ1n) is 10.3. The van der Waals surface area contributed by atoms with Gasteiger partial charge < -0.3 is 10.6 Å². The van der Waals surface area contributed by atoms with Gasteiger partial charge in [0.2, 0.25) is 5.91 Å². The van der Waals surface area contributed by atoms with E-state index in [1.54, 1.807) is 6.07 Å². The number of hydrogen-bond donors (Lipinski definition) is 2. The van der Waals surface area contributed by atoms with Gasteiger partial charge in [0, 0.05) is 29.8 Å². The molecule has 0 spiro atoms. The number of nitro benzene ring substituents is 2. The zero-order valence-corrected chi connectivity index (χ0v) is 18.2. The first-order chi connectivity index (χ1) is 15.7. The minimum Gasteiger partial charge on any atom is -0.321 e. The van der Waals surface area contributed by atoms with Gasteiger partial charge in [0.25, 0.3) is 17.3 Å². The summed E-state index contributed by atoms with van der Waals surface area (Å²) in [5.74, 6) is -1.29. The zero-order chi connectivity index (χ0) is 24.0. The number of halogens is 1. The smallest absolute Gasteiger partial charge is 0.289 e. The number of amides is 2. The van der Waals surface area contributed by atoms with E-state index in [0.29, 0.717) is 18.4 Å². The van der Waals surface area contributed by atoms with Crippen LogP contribution in [0.25, 0.3) is 6.08 Å². The predicted octanol–water partition coefficient (Wildman–Crippen LogP) is 4.83. The van der Waals surface area contributed by atoms with Crippen LogP contribution in [0, 0.1) is 26.1 Å². The third-order valence-electron chi connectivity index (χ3n) is 5.27. The molecule has 0 heterocycles. The van der Waals surface area contributed by atoms with Gasteiger partial charge in [-0.1, -0.05) is 43.0 Å². The fraction of sp³-hybridized carbons (Fsp3) is 0.273. The monoisotopic (exact) mass is 472 g/mol. The van der Waals surface area contributed by atoms with Crippen molar-refractivity contribution in [2.45, 2.75) is 32.1 Å². The molecule has 0 aromatic heterocycles. The van der Waals surface area contributed by atoms with Gasteiger partial charge in [0.15, 0.2) is 0 Å². The SMILES string of the molecule is O=C(Nc1ccc(Cl)c([N+](=O)[O-])c1)/C(=C/c1cccc([N+](=O)[O-])c1)NC(=O)C1CCCCC1. The van der Waals surface area contributed by atoms with Crippen LogP contribution in [0.4, 0.5) is 17.1 Å². The third kappa shape index (κ3) is 6.36. The number of carbonyl (C=O) groups is 2. The Kier molecular flexibility index (Phi) is 7.73. The van der Waals surface area contributed by atoms with Gasteiger partial charge in [-0.2, -0.15) is 0 Å². The highest BCUT2D eigenvalue weighted by Gasteiger charge is 2.24. The van der Waals surface area contributed by atoms with Crippen molar-refractivity contribution in [3.8, 4) is 0 Å². The van der Waals surface area contributed by atoms with Crippen molar-refractivity contribution in [2.24, 2.45) is 5.92 Å². The lowest BCUT2D eigenvalue weighted by atomic mass is 9.88. The van der Waals surface area contributed by atoms with Crippen molar-refractivity contribution in [2.75, 3.05) is 5.32 Å². The molecule has 0 aliphatic heterocycles. The summed E-state index contributed by atoms with van der Waals surface area (Å²) in [5.41, 5.74) is -0.252. The van der Waals surface area contributed by atoms with Crippen LogP contribution in [-0.4, -0.2) is 21.7 Å². The minimum atomic E-state index is -0.734. The van der Waals surface area contributed by atoms with Gasteiger partial charge in [0.05, 0.1) is 9.85 Å². The molecule has 0 atom stereocenters. The van der Waals surface area contributed by atoms with Crippen molar-refractivity contribution in [1.29, 1.82) is 0 Å². The first-order valence-corrected chi connectivity index (χ1v) is 10.6. The van der Waals surface area contributed by atoms with Gasteiger partial charge in [-0.15, -0.1) is 0 Å². The van der Waals surface area contributed by atoms with Gasteiger partial charge in [0.1, 0.15) is 10.7 Å². The van der Waals surface area contributed by atoms with E-state index in [1.807, 2.05) is 0 Å². The molecule has 33 heavy (non-hydrogen) atoms. The molecule has 2 amide bonds. The second-order valence-corrected chi connectivity index (χ2v) is 8.02. The summed E-state index contributed by atoms with van der Waals surface area (Å²) in [5, 5.41) is 27.3. The van der Waals surface area contributed by atoms with Crippen LogP contribution < -0.4 is 10.6 Å². The molecule has 11 heteroatoms. The maximum atomic E-state index is 13.0. The summed E-state index contributed by atoms with van der Waals surface area (Å²) < 4.78 is 0. The number of nitrogens with one attached hydrogen (secondary N) is 2. The highest BCUT2D eigenvalue weighted by Crippen LogP contribution is 2.28. The number of anilines is 1. The molecule has 0 unspecified atom stereocenters. The van der Waals surface area contributed by atoms with Crippen LogP contribution in [0.1, 0.15) is 37.7 Å². The van der Waals surface area contributed by atoms with Crippen molar-refractivity contribution in [1.82, 2.24) is 5.32 Å². The van der Waals surface area contributed by atoms with E-state index in [-0.39, 0.29) is 39.6 Å². The predicted molar refractivity (Wildman–Crippen MR) is 123 cm³/mol. The summed E-state index contributed by atoms with van der Waals surface area (Å²) in [4.78, 5) is 46.7. The van der Waals surface area contributed by atoms with Crippen molar-refractivity contribution >= 4 is 46.6 Å². The average molecular weight is 473 g/mol. The molecule has 2 aromatic carbocycles. The summed E-state index contributed by atoms with van der Waals surface area (Å²) in [7, 11) is 0. The fourth-order valence-electron chi connectivity index (χ4n) is 3.58. The van der Waals surface area contributed by atoms with E-state index >= 15 is 0 Å². The second kappa shape index (κ2) is 10.7. The Hall–Kier alpha value is -3.79. The molecule has 0 saturated heterocycles. The van der Waals surface area contributed by atoms with E-state index in [0.717, 1.165) is 25.3 Å². The molecule has 172 valence electrons. The Labute approximate surface area is 193 Å². The zero-order valence-electron chi connectivity index (χ0n) is 17.5. The van der Waals surface area contributed by atoms with Gasteiger partial charge >= 0.3 is 0 Å². The maximum absolute atomic E-state index is 13.0. The van der Waals surface area contributed by atoms with Gasteiger partial charge in [-0.25, -0.2) is 0 Å². The average Bonchev–Trinajstić information content (AvgIpc) is 2.80. The first kappa shape index (κ1) is 23.9. The number of rotatable bonds is 7. The molecule has 2 aromatic rings. The number of carbonyl (C=O) groups excluding carboxylic acids is 2. The van der Waals surface area contributed by atoms with Gasteiger partial charge in [-0.3, -0.25) is 29.8 Å². The molecular formula is C22H21ClN4O6. The van der Waals surface area contributed by atoms with Crippen LogP contribution in [-0.2, 0) is 9.59 Å². The number of nitrogens with zero attached hydrogens (tertiary/aromatic N) is 2. The fourth-order valence-corrected chi connectivity index (χ4v) is 3.77. The maximum Gasteiger partial charge on any atom is 0.289 e. The molecule has 1 saturated carbocycles. The Balaban J connectivity index is 1.90. The van der Waals surface area contributed by atoms with Crippen molar-refractivity contribution in [3.63, 3.8) is 0 Å². The molecule has 0 bridgehead atoms. The standard InChI is InChI=1S/C22H21ClN4O6/c23-18-10-9-16(13-20(18)27(32)33)24-22(29)19(25-21(28)15-6-2-1-3-7-15)12-14-5-4-8-17(11-14)26(30)31/h4-5,8-13,15H,1-3,6-7H2,(H,24,29)(H,25,28)/b19-12-. The normalized spacial score (nSPS) is 14.4. The molecule has 10 nitrogen and oxygen atoms in total. The third-order valence-corrected chi connectivity index (χ3v) is 5.59. The molecule has 1 aliphatic carbocycles. The lowest BCUT2D eigenvalue weighted by molar-refractivity contribution is -0.385. The Morgan fingerprint density at radius 3 is 2.39 bits per heavy atom.